The smallest absolute Gasteiger partial charge is 0.232 e. The lowest BCUT2D eigenvalue weighted by Crippen LogP contribution is -2.44. The van der Waals surface area contributed by atoms with E-state index in [9.17, 15) is 10.2 Å². The number of nitrogens with one attached hydrogen (secondary N) is 1. The van der Waals surface area contributed by atoms with Gasteiger partial charge in [0.25, 0.3) is 0 Å². The van der Waals surface area contributed by atoms with Gasteiger partial charge in [0.2, 0.25) is 6.29 Å². The molecule has 1 unspecified atom stereocenters. The zero-order valence-corrected chi connectivity index (χ0v) is 9.93. The number of aromatic hydroxyl groups is 1. The Bertz CT molecular complexity index is 446. The van der Waals surface area contributed by atoms with Gasteiger partial charge < -0.3 is 29.9 Å². The van der Waals surface area contributed by atoms with Gasteiger partial charge in [0, 0.05) is 38.3 Å². The van der Waals surface area contributed by atoms with Crippen LogP contribution in [0, 0.1) is 0 Å². The molecule has 1 atom stereocenters. The maximum absolute atomic E-state index is 9.73. The molecule has 0 aromatic heterocycles. The Kier molecular flexibility index (Phi) is 2.89. The molecule has 2 heterocycles. The summed E-state index contributed by atoms with van der Waals surface area (Å²) in [6, 6.07) is 3.13. The fourth-order valence-corrected chi connectivity index (χ4v) is 2.28. The van der Waals surface area contributed by atoms with Gasteiger partial charge in [0.1, 0.15) is 5.75 Å². The first kappa shape index (κ1) is 11.4. The number of anilines is 1. The van der Waals surface area contributed by atoms with Crippen molar-refractivity contribution in [1.29, 1.82) is 0 Å². The van der Waals surface area contributed by atoms with E-state index >= 15 is 0 Å². The molecule has 6 nitrogen and oxygen atoms in total. The van der Waals surface area contributed by atoms with Gasteiger partial charge in [-0.05, 0) is 0 Å². The minimum Gasteiger partial charge on any atom is -0.508 e. The van der Waals surface area contributed by atoms with Crippen LogP contribution in [0.3, 0.4) is 0 Å². The Labute approximate surface area is 105 Å². The van der Waals surface area contributed by atoms with Crippen LogP contribution in [0.2, 0.25) is 0 Å². The summed E-state index contributed by atoms with van der Waals surface area (Å²) in [4.78, 5) is 2.14. The van der Waals surface area contributed by atoms with E-state index in [2.05, 4.69) is 10.2 Å². The summed E-state index contributed by atoms with van der Waals surface area (Å²) in [5, 5.41) is 22.4. The van der Waals surface area contributed by atoms with Crippen LogP contribution in [-0.2, 0) is 0 Å². The normalized spacial score (nSPS) is 22.9. The van der Waals surface area contributed by atoms with Crippen LogP contribution in [0.5, 0.6) is 17.2 Å². The third-order valence-electron chi connectivity index (χ3n) is 3.11. The van der Waals surface area contributed by atoms with Crippen LogP contribution in [0.25, 0.3) is 0 Å². The second-order valence-corrected chi connectivity index (χ2v) is 4.41. The van der Waals surface area contributed by atoms with Crippen molar-refractivity contribution in [1.82, 2.24) is 5.32 Å². The number of nitrogens with zero attached hydrogens (tertiary/aromatic N) is 1. The van der Waals surface area contributed by atoms with Crippen LogP contribution in [0.1, 0.15) is 0 Å². The summed E-state index contributed by atoms with van der Waals surface area (Å²) in [5.74, 6) is 1.10. The topological polar surface area (TPSA) is 74.2 Å². The lowest BCUT2D eigenvalue weighted by Gasteiger charge is -2.33. The molecule has 1 fully saturated rings. The molecule has 1 saturated heterocycles. The van der Waals surface area contributed by atoms with Gasteiger partial charge in [-0.1, -0.05) is 0 Å². The fourth-order valence-electron chi connectivity index (χ4n) is 2.28. The minimum atomic E-state index is -0.977. The molecule has 0 amide bonds. The van der Waals surface area contributed by atoms with Crippen molar-refractivity contribution in [3.05, 3.63) is 12.1 Å². The lowest BCUT2D eigenvalue weighted by atomic mass is 10.2. The summed E-state index contributed by atoms with van der Waals surface area (Å²) in [6.07, 6.45) is -0.977. The van der Waals surface area contributed by atoms with Crippen LogP contribution < -0.4 is 19.7 Å². The molecule has 6 heteroatoms. The summed E-state index contributed by atoms with van der Waals surface area (Å²) in [7, 11) is 0. The van der Waals surface area contributed by atoms with Crippen molar-refractivity contribution in [2.75, 3.05) is 37.7 Å². The van der Waals surface area contributed by atoms with E-state index in [4.69, 9.17) is 9.47 Å². The predicted octanol–water partition coefficient (Wildman–Crippen LogP) is -0.109. The van der Waals surface area contributed by atoms with Gasteiger partial charge in [0.15, 0.2) is 18.1 Å². The molecule has 0 aliphatic carbocycles. The van der Waals surface area contributed by atoms with Crippen molar-refractivity contribution in [2.45, 2.75) is 6.29 Å². The third kappa shape index (κ3) is 2.04. The van der Waals surface area contributed by atoms with E-state index in [1.54, 1.807) is 6.07 Å². The van der Waals surface area contributed by atoms with E-state index in [-0.39, 0.29) is 12.4 Å². The minimum absolute atomic E-state index is 0.108. The van der Waals surface area contributed by atoms with E-state index in [1.807, 2.05) is 0 Å². The lowest BCUT2D eigenvalue weighted by molar-refractivity contribution is -0.0668. The highest BCUT2D eigenvalue weighted by Gasteiger charge is 2.26. The molecule has 2 aliphatic heterocycles. The van der Waals surface area contributed by atoms with Crippen molar-refractivity contribution in [2.24, 2.45) is 0 Å². The van der Waals surface area contributed by atoms with Crippen LogP contribution in [0.4, 0.5) is 5.69 Å². The Balaban J connectivity index is 1.97. The second kappa shape index (κ2) is 4.55. The van der Waals surface area contributed by atoms with Crippen LogP contribution in [0.15, 0.2) is 12.1 Å². The van der Waals surface area contributed by atoms with E-state index < -0.39 is 6.29 Å². The molecule has 98 valence electrons. The van der Waals surface area contributed by atoms with E-state index in [1.165, 1.54) is 6.07 Å². The molecule has 18 heavy (non-hydrogen) atoms. The summed E-state index contributed by atoms with van der Waals surface area (Å²) in [6.45, 7) is 3.60. The van der Waals surface area contributed by atoms with E-state index in [0.717, 1.165) is 31.9 Å². The van der Waals surface area contributed by atoms with Crippen molar-refractivity contribution < 1.29 is 19.7 Å². The van der Waals surface area contributed by atoms with Gasteiger partial charge in [0.05, 0.1) is 5.69 Å². The molecule has 3 rings (SSSR count). The van der Waals surface area contributed by atoms with Crippen molar-refractivity contribution in [3.63, 3.8) is 0 Å². The van der Waals surface area contributed by atoms with Gasteiger partial charge in [-0.15, -0.1) is 0 Å². The number of hydrogen-bond donors (Lipinski definition) is 3. The van der Waals surface area contributed by atoms with Gasteiger partial charge in [-0.3, -0.25) is 0 Å². The van der Waals surface area contributed by atoms with Gasteiger partial charge in [-0.25, -0.2) is 0 Å². The maximum atomic E-state index is 9.73. The molecule has 0 saturated carbocycles. The quantitative estimate of drug-likeness (QED) is 0.647. The first-order chi connectivity index (χ1) is 8.74. The number of hydrogen-bond acceptors (Lipinski definition) is 6. The fraction of sp³-hybridized carbons (Fsp3) is 0.500. The average Bonchev–Trinajstić information content (AvgIpc) is 2.38. The van der Waals surface area contributed by atoms with Crippen molar-refractivity contribution >= 4 is 5.69 Å². The second-order valence-electron chi connectivity index (χ2n) is 4.41. The molecule has 0 radical (unpaired) electrons. The summed E-state index contributed by atoms with van der Waals surface area (Å²) in [5.41, 5.74) is 0.818. The SMILES string of the molecule is Oc1cc2c(c(N3CCNCC3)c1)OCC(O)O2. The highest BCUT2D eigenvalue weighted by molar-refractivity contribution is 5.68. The molecule has 3 N–H and O–H groups in total. The Hall–Kier alpha value is -1.66. The Morgan fingerprint density at radius 1 is 1.28 bits per heavy atom. The molecule has 1 aromatic rings. The number of piperazine rings is 1. The molecule has 1 aromatic carbocycles. The number of phenols is 1. The maximum Gasteiger partial charge on any atom is 0.232 e. The highest BCUT2D eigenvalue weighted by atomic mass is 16.7. The monoisotopic (exact) mass is 252 g/mol. The standard InChI is InChI=1S/C12H16N2O4/c15-8-5-9(14-3-1-13-2-4-14)12-10(6-8)18-11(16)7-17-12/h5-6,11,13,15-16H,1-4,7H2. The Morgan fingerprint density at radius 2 is 2.06 bits per heavy atom. The van der Waals surface area contributed by atoms with Crippen molar-refractivity contribution in [3.8, 4) is 17.2 Å². The third-order valence-corrected chi connectivity index (χ3v) is 3.11. The number of rotatable bonds is 1. The number of ether oxygens (including phenoxy) is 2. The Morgan fingerprint density at radius 3 is 2.83 bits per heavy atom. The average molecular weight is 252 g/mol. The van der Waals surface area contributed by atoms with Gasteiger partial charge in [-0.2, -0.15) is 0 Å². The number of phenolic OH excluding ortho intramolecular Hbond substituents is 1. The number of benzene rings is 1. The zero-order valence-electron chi connectivity index (χ0n) is 9.93. The molecule has 2 aliphatic rings. The first-order valence-corrected chi connectivity index (χ1v) is 6.04. The van der Waals surface area contributed by atoms with E-state index in [0.29, 0.717) is 11.5 Å². The molecular formula is C12H16N2O4. The molecule has 0 bridgehead atoms. The largest absolute Gasteiger partial charge is 0.508 e. The number of aliphatic hydroxyl groups excluding tert-OH is 1. The van der Waals surface area contributed by atoms with Crippen LogP contribution >= 0.6 is 0 Å². The predicted molar refractivity (Wildman–Crippen MR) is 65.3 cm³/mol. The summed E-state index contributed by atoms with van der Waals surface area (Å²) < 4.78 is 10.8. The zero-order chi connectivity index (χ0) is 12.5. The summed E-state index contributed by atoms with van der Waals surface area (Å²) >= 11 is 0. The molecule has 0 spiro atoms. The molecular weight excluding hydrogens is 236 g/mol. The number of aliphatic hydroxyl groups is 1. The van der Waals surface area contributed by atoms with Crippen LogP contribution in [-0.4, -0.2) is 49.3 Å². The first-order valence-electron chi connectivity index (χ1n) is 6.04. The number of fused-ring (bicyclic) bond motifs is 1. The highest BCUT2D eigenvalue weighted by Crippen LogP contribution is 2.43. The van der Waals surface area contributed by atoms with Gasteiger partial charge >= 0.3 is 0 Å².